The molecule has 0 aromatic heterocycles. The van der Waals surface area contributed by atoms with E-state index in [0.29, 0.717) is 0 Å². The summed E-state index contributed by atoms with van der Waals surface area (Å²) < 4.78 is 0. The smallest absolute Gasteiger partial charge is 0.188 e. The van der Waals surface area contributed by atoms with Crippen molar-refractivity contribution in [3.05, 3.63) is 65.7 Å². The van der Waals surface area contributed by atoms with Crippen molar-refractivity contribution >= 4 is 23.0 Å². The van der Waals surface area contributed by atoms with Gasteiger partial charge in [-0.3, -0.25) is 10.4 Å². The average Bonchev–Trinajstić information content (AvgIpc) is 2.76. The van der Waals surface area contributed by atoms with Gasteiger partial charge in [-0.05, 0) is 43.8 Å². The molecule has 0 aliphatic carbocycles. The Bertz CT molecular complexity index is 624. The number of aryl methyl sites for hydroxylation is 1. The summed E-state index contributed by atoms with van der Waals surface area (Å²) in [7, 11) is 0. The zero-order valence-electron chi connectivity index (χ0n) is 12.2. The number of thiocarbonyl (C=S) groups is 1. The van der Waals surface area contributed by atoms with Gasteiger partial charge in [0.2, 0.25) is 0 Å². The molecule has 3 rings (SSSR count). The highest BCUT2D eigenvalue weighted by molar-refractivity contribution is 7.80. The van der Waals surface area contributed by atoms with Crippen LogP contribution in [0.25, 0.3) is 0 Å². The van der Waals surface area contributed by atoms with Crippen LogP contribution in [0, 0.1) is 6.92 Å². The van der Waals surface area contributed by atoms with Crippen molar-refractivity contribution in [3.63, 3.8) is 0 Å². The monoisotopic (exact) mass is 297 g/mol. The normalized spacial score (nSPS) is 21.2. The summed E-state index contributed by atoms with van der Waals surface area (Å²) in [6, 6.07) is 19.2. The van der Waals surface area contributed by atoms with Gasteiger partial charge in [0, 0.05) is 0 Å². The fourth-order valence-electron chi connectivity index (χ4n) is 2.67. The number of rotatable bonds is 3. The largest absolute Gasteiger partial charge is 0.356 e. The minimum absolute atomic E-state index is 0.181. The van der Waals surface area contributed by atoms with Gasteiger partial charge in [0.25, 0.3) is 0 Å². The third-order valence-electron chi connectivity index (χ3n) is 3.76. The van der Waals surface area contributed by atoms with Gasteiger partial charge in [0.1, 0.15) is 0 Å². The van der Waals surface area contributed by atoms with Crippen molar-refractivity contribution in [3.8, 4) is 0 Å². The fraction of sp³-hybridized carbons (Fsp3) is 0.235. The molecule has 2 atom stereocenters. The predicted molar refractivity (Wildman–Crippen MR) is 91.0 cm³/mol. The third-order valence-corrected chi connectivity index (χ3v) is 4.08. The van der Waals surface area contributed by atoms with E-state index in [1.54, 1.807) is 0 Å². The summed E-state index contributed by atoms with van der Waals surface area (Å²) in [5.41, 5.74) is 6.96. The minimum Gasteiger partial charge on any atom is -0.356 e. The highest BCUT2D eigenvalue weighted by Gasteiger charge is 2.35. The molecule has 108 valence electrons. The summed E-state index contributed by atoms with van der Waals surface area (Å²) in [4.78, 5) is 0. The molecule has 0 saturated carbocycles. The van der Waals surface area contributed by atoms with Crippen LogP contribution in [0.1, 0.15) is 24.1 Å². The molecule has 2 aromatic rings. The van der Waals surface area contributed by atoms with Crippen LogP contribution in [0.2, 0.25) is 0 Å². The van der Waals surface area contributed by atoms with Gasteiger partial charge in [-0.2, -0.15) is 0 Å². The van der Waals surface area contributed by atoms with Crippen molar-refractivity contribution in [2.24, 2.45) is 0 Å². The van der Waals surface area contributed by atoms with Crippen molar-refractivity contribution in [1.29, 1.82) is 0 Å². The highest BCUT2D eigenvalue weighted by Crippen LogP contribution is 2.29. The maximum Gasteiger partial charge on any atom is 0.188 e. The summed E-state index contributed by atoms with van der Waals surface area (Å²) >= 11 is 5.47. The molecule has 0 spiro atoms. The average molecular weight is 297 g/mol. The zero-order valence-corrected chi connectivity index (χ0v) is 13.0. The minimum atomic E-state index is 0.181. The lowest BCUT2D eigenvalue weighted by Crippen LogP contribution is -2.35. The fourth-order valence-corrected chi connectivity index (χ4v) is 3.01. The highest BCUT2D eigenvalue weighted by atomic mass is 32.1. The summed E-state index contributed by atoms with van der Waals surface area (Å²) in [5.74, 6) is 0. The summed E-state index contributed by atoms with van der Waals surface area (Å²) in [6.07, 6.45) is 0. The Morgan fingerprint density at radius 2 is 1.71 bits per heavy atom. The van der Waals surface area contributed by atoms with E-state index in [4.69, 9.17) is 12.2 Å². The van der Waals surface area contributed by atoms with E-state index in [2.05, 4.69) is 73.1 Å². The zero-order chi connectivity index (χ0) is 14.8. The Balaban J connectivity index is 1.87. The number of nitrogens with zero attached hydrogens (tertiary/aromatic N) is 1. The number of benzene rings is 2. The SMILES string of the molecule is Cc1ccc(NN2C(=S)NC(C)C2c2ccccc2)cc1. The Morgan fingerprint density at radius 1 is 1.05 bits per heavy atom. The van der Waals surface area contributed by atoms with E-state index in [1.807, 2.05) is 11.1 Å². The Hall–Kier alpha value is -2.07. The molecule has 0 bridgehead atoms. The number of anilines is 1. The number of hydrogen-bond donors (Lipinski definition) is 2. The van der Waals surface area contributed by atoms with Gasteiger partial charge in [0.15, 0.2) is 5.11 Å². The van der Waals surface area contributed by atoms with E-state index < -0.39 is 0 Å². The van der Waals surface area contributed by atoms with Gasteiger partial charge in [-0.15, -0.1) is 0 Å². The third kappa shape index (κ3) is 2.85. The van der Waals surface area contributed by atoms with E-state index in [9.17, 15) is 0 Å². The molecule has 2 N–H and O–H groups in total. The maximum atomic E-state index is 5.47. The molecule has 21 heavy (non-hydrogen) atoms. The molecule has 1 fully saturated rings. The van der Waals surface area contributed by atoms with E-state index in [-0.39, 0.29) is 12.1 Å². The van der Waals surface area contributed by atoms with Crippen LogP contribution in [-0.4, -0.2) is 16.2 Å². The number of hydrazine groups is 1. The Kier molecular flexibility index (Phi) is 3.80. The lowest BCUT2D eigenvalue weighted by Gasteiger charge is -2.28. The van der Waals surface area contributed by atoms with Crippen molar-refractivity contribution in [2.75, 3.05) is 5.43 Å². The van der Waals surface area contributed by atoms with Crippen LogP contribution in [-0.2, 0) is 0 Å². The van der Waals surface area contributed by atoms with Crippen LogP contribution < -0.4 is 10.7 Å². The standard InChI is InChI=1S/C17H19N3S/c1-12-8-10-15(11-9-12)19-20-16(13(2)18-17(20)21)14-6-4-3-5-7-14/h3-11,13,16,19H,1-2H3,(H,18,21). The summed E-state index contributed by atoms with van der Waals surface area (Å²) in [6.45, 7) is 4.24. The second-order valence-electron chi connectivity index (χ2n) is 5.44. The van der Waals surface area contributed by atoms with E-state index >= 15 is 0 Å². The molecular formula is C17H19N3S. The molecular weight excluding hydrogens is 278 g/mol. The van der Waals surface area contributed by atoms with Crippen LogP contribution in [0.15, 0.2) is 54.6 Å². The molecule has 3 nitrogen and oxygen atoms in total. The van der Waals surface area contributed by atoms with Gasteiger partial charge in [-0.25, -0.2) is 0 Å². The van der Waals surface area contributed by atoms with Crippen LogP contribution in [0.5, 0.6) is 0 Å². The first-order valence-corrected chi connectivity index (χ1v) is 7.54. The first kappa shape index (κ1) is 13.9. The maximum absolute atomic E-state index is 5.47. The van der Waals surface area contributed by atoms with Gasteiger partial charge in [-0.1, -0.05) is 48.0 Å². The van der Waals surface area contributed by atoms with Crippen molar-refractivity contribution in [1.82, 2.24) is 10.3 Å². The predicted octanol–water partition coefficient (Wildman–Crippen LogP) is 3.64. The second kappa shape index (κ2) is 5.74. The van der Waals surface area contributed by atoms with Gasteiger partial charge < -0.3 is 5.32 Å². The second-order valence-corrected chi connectivity index (χ2v) is 5.83. The molecule has 1 saturated heterocycles. The van der Waals surface area contributed by atoms with E-state index in [0.717, 1.165) is 10.8 Å². The van der Waals surface area contributed by atoms with Crippen LogP contribution in [0.3, 0.4) is 0 Å². The van der Waals surface area contributed by atoms with Gasteiger partial charge in [0.05, 0.1) is 17.8 Å². The molecule has 0 amide bonds. The summed E-state index contributed by atoms with van der Waals surface area (Å²) in [5, 5.41) is 6.12. The lowest BCUT2D eigenvalue weighted by molar-refractivity contribution is 0.376. The molecule has 4 heteroatoms. The van der Waals surface area contributed by atoms with E-state index in [1.165, 1.54) is 11.1 Å². The van der Waals surface area contributed by atoms with Crippen LogP contribution in [0.4, 0.5) is 5.69 Å². The molecule has 1 aliphatic rings. The van der Waals surface area contributed by atoms with Crippen molar-refractivity contribution < 1.29 is 0 Å². The molecule has 2 unspecified atom stereocenters. The Morgan fingerprint density at radius 3 is 2.38 bits per heavy atom. The molecule has 2 aromatic carbocycles. The first-order valence-electron chi connectivity index (χ1n) is 7.13. The molecule has 1 aliphatic heterocycles. The van der Waals surface area contributed by atoms with Gasteiger partial charge >= 0.3 is 0 Å². The quantitative estimate of drug-likeness (QED) is 0.846. The topological polar surface area (TPSA) is 27.3 Å². The van der Waals surface area contributed by atoms with Crippen molar-refractivity contribution in [2.45, 2.75) is 25.9 Å². The first-order chi connectivity index (χ1) is 10.1. The number of nitrogens with one attached hydrogen (secondary N) is 2. The molecule has 1 heterocycles. The Labute approximate surface area is 130 Å². The molecule has 0 radical (unpaired) electrons. The lowest BCUT2D eigenvalue weighted by atomic mass is 10.0. The van der Waals surface area contributed by atoms with Crippen LogP contribution >= 0.6 is 12.2 Å². The number of hydrogen-bond acceptors (Lipinski definition) is 2.